The van der Waals surface area contributed by atoms with Crippen LogP contribution in [-0.4, -0.2) is 55.2 Å². The van der Waals surface area contributed by atoms with Gasteiger partial charge < -0.3 is 14.5 Å². The average Bonchev–Trinajstić information content (AvgIpc) is 2.76. The zero-order valence-electron chi connectivity index (χ0n) is 18.3. The first kappa shape index (κ1) is 21.8. The van der Waals surface area contributed by atoms with Crippen LogP contribution in [0.1, 0.15) is 44.4 Å². The third kappa shape index (κ3) is 4.63. The first-order valence-corrected chi connectivity index (χ1v) is 10.5. The van der Waals surface area contributed by atoms with Crippen molar-refractivity contribution in [3.05, 3.63) is 47.7 Å². The van der Waals surface area contributed by atoms with E-state index < -0.39 is 0 Å². The monoisotopic (exact) mass is 406 g/mol. The van der Waals surface area contributed by atoms with Crippen LogP contribution in [0.5, 0.6) is 0 Å². The molecule has 3 rings (SSSR count). The molecule has 1 amide bonds. The average molecular weight is 407 g/mol. The van der Waals surface area contributed by atoms with Crippen molar-refractivity contribution in [3.63, 3.8) is 0 Å². The van der Waals surface area contributed by atoms with E-state index in [2.05, 4.69) is 36.9 Å². The molecule has 2 aromatic rings. The Balaban J connectivity index is 1.91. The Morgan fingerprint density at radius 1 is 1.30 bits per heavy atom. The molecule has 1 aliphatic rings. The van der Waals surface area contributed by atoms with E-state index in [0.29, 0.717) is 38.2 Å². The number of amides is 1. The standard InChI is InChI=1S/C24H30N4O2/c1-17(2)23-21(19-8-6-5-7-9-19)14-20(15-25)24(26-23)27-11-12-28(18(3)16-27)22(29)10-13-30-4/h5-9,14,17-18H,10-13,16H2,1-4H3/t18-/m1/s1. The molecule has 0 bridgehead atoms. The van der Waals surface area contributed by atoms with Crippen LogP contribution in [0.15, 0.2) is 36.4 Å². The Labute approximate surface area is 179 Å². The molecule has 6 heteroatoms. The smallest absolute Gasteiger partial charge is 0.225 e. The number of aromatic nitrogens is 1. The van der Waals surface area contributed by atoms with Gasteiger partial charge in [-0.1, -0.05) is 44.2 Å². The molecule has 1 saturated heterocycles. The molecule has 1 aliphatic heterocycles. The molecule has 158 valence electrons. The lowest BCUT2D eigenvalue weighted by molar-refractivity contribution is -0.134. The molecule has 0 unspecified atom stereocenters. The number of hydrogen-bond donors (Lipinski definition) is 0. The van der Waals surface area contributed by atoms with Gasteiger partial charge in [-0.05, 0) is 24.5 Å². The normalized spacial score (nSPS) is 16.6. The fourth-order valence-corrected chi connectivity index (χ4v) is 3.98. The Morgan fingerprint density at radius 2 is 2.03 bits per heavy atom. The van der Waals surface area contributed by atoms with Gasteiger partial charge in [0.2, 0.25) is 5.91 Å². The van der Waals surface area contributed by atoms with E-state index in [1.165, 1.54) is 0 Å². The van der Waals surface area contributed by atoms with Gasteiger partial charge in [-0.15, -0.1) is 0 Å². The molecule has 0 N–H and O–H groups in total. The topological polar surface area (TPSA) is 69.5 Å². The molecule has 6 nitrogen and oxygen atoms in total. The van der Waals surface area contributed by atoms with Crippen LogP contribution in [0.3, 0.4) is 0 Å². The van der Waals surface area contributed by atoms with Crippen molar-refractivity contribution in [2.45, 2.75) is 39.2 Å². The Morgan fingerprint density at radius 3 is 2.63 bits per heavy atom. The minimum absolute atomic E-state index is 0.0488. The van der Waals surface area contributed by atoms with Gasteiger partial charge in [0.25, 0.3) is 0 Å². The number of nitrogens with zero attached hydrogens (tertiary/aromatic N) is 4. The molecule has 0 radical (unpaired) electrons. The lowest BCUT2D eigenvalue weighted by Crippen LogP contribution is -2.54. The summed E-state index contributed by atoms with van der Waals surface area (Å²) in [6, 6.07) is 14.5. The van der Waals surface area contributed by atoms with Gasteiger partial charge >= 0.3 is 0 Å². The van der Waals surface area contributed by atoms with Crippen molar-refractivity contribution in [2.75, 3.05) is 38.3 Å². The zero-order valence-corrected chi connectivity index (χ0v) is 18.3. The number of hydrogen-bond acceptors (Lipinski definition) is 5. The minimum Gasteiger partial charge on any atom is -0.384 e. The number of rotatable bonds is 6. The highest BCUT2D eigenvalue weighted by molar-refractivity contribution is 5.77. The molecule has 1 aromatic heterocycles. The molecule has 0 saturated carbocycles. The number of methoxy groups -OCH3 is 1. The number of ether oxygens (including phenoxy) is 1. The van der Waals surface area contributed by atoms with Crippen molar-refractivity contribution < 1.29 is 9.53 Å². The second-order valence-electron chi connectivity index (χ2n) is 8.05. The summed E-state index contributed by atoms with van der Waals surface area (Å²) in [4.78, 5) is 21.5. The number of anilines is 1. The van der Waals surface area contributed by atoms with Crippen LogP contribution in [0, 0.1) is 11.3 Å². The minimum atomic E-state index is 0.0488. The lowest BCUT2D eigenvalue weighted by Gasteiger charge is -2.41. The van der Waals surface area contributed by atoms with E-state index in [1.54, 1.807) is 7.11 Å². The van der Waals surface area contributed by atoms with E-state index in [9.17, 15) is 10.1 Å². The van der Waals surface area contributed by atoms with Crippen LogP contribution in [-0.2, 0) is 9.53 Å². The van der Waals surface area contributed by atoms with Gasteiger partial charge in [0, 0.05) is 38.3 Å². The lowest BCUT2D eigenvalue weighted by atomic mass is 9.96. The van der Waals surface area contributed by atoms with Crippen molar-refractivity contribution in [1.29, 1.82) is 5.26 Å². The van der Waals surface area contributed by atoms with Gasteiger partial charge in [-0.25, -0.2) is 4.98 Å². The fourth-order valence-electron chi connectivity index (χ4n) is 3.98. The third-order valence-corrected chi connectivity index (χ3v) is 5.55. The number of carbonyl (C=O) groups is 1. The van der Waals surface area contributed by atoms with Crippen molar-refractivity contribution in [2.24, 2.45) is 0 Å². The summed E-state index contributed by atoms with van der Waals surface area (Å²) >= 11 is 0. The molecule has 0 aliphatic carbocycles. The van der Waals surface area contributed by atoms with Crippen LogP contribution in [0.4, 0.5) is 5.82 Å². The van der Waals surface area contributed by atoms with Crippen LogP contribution in [0.25, 0.3) is 11.1 Å². The van der Waals surface area contributed by atoms with Gasteiger partial charge in [0.15, 0.2) is 0 Å². The van der Waals surface area contributed by atoms with Gasteiger partial charge in [-0.2, -0.15) is 5.26 Å². The van der Waals surface area contributed by atoms with Crippen LogP contribution < -0.4 is 4.90 Å². The summed E-state index contributed by atoms with van der Waals surface area (Å²) in [6.07, 6.45) is 0.395. The van der Waals surface area contributed by atoms with E-state index in [1.807, 2.05) is 36.1 Å². The maximum absolute atomic E-state index is 12.4. The number of nitriles is 1. The molecule has 30 heavy (non-hydrogen) atoms. The predicted octanol–water partition coefficient (Wildman–Crippen LogP) is 3.82. The number of pyridine rings is 1. The Kier molecular flexibility index (Phi) is 7.07. The van der Waals surface area contributed by atoms with Gasteiger partial charge in [0.05, 0.1) is 24.3 Å². The SMILES string of the molecule is COCCC(=O)N1CCN(c2nc(C(C)C)c(-c3ccccc3)cc2C#N)C[C@H]1C. The van der Waals surface area contributed by atoms with Crippen molar-refractivity contribution in [3.8, 4) is 17.2 Å². The maximum atomic E-state index is 12.4. The molecule has 1 atom stereocenters. The molecule has 0 spiro atoms. The summed E-state index contributed by atoms with van der Waals surface area (Å²) in [5.41, 5.74) is 3.64. The van der Waals surface area contributed by atoms with Gasteiger partial charge in [0.1, 0.15) is 11.9 Å². The molecular weight excluding hydrogens is 376 g/mol. The summed E-state index contributed by atoms with van der Waals surface area (Å²) < 4.78 is 5.04. The van der Waals surface area contributed by atoms with Crippen molar-refractivity contribution >= 4 is 11.7 Å². The summed E-state index contributed by atoms with van der Waals surface area (Å²) in [5, 5.41) is 9.86. The third-order valence-electron chi connectivity index (χ3n) is 5.55. The fraction of sp³-hybridized carbons (Fsp3) is 0.458. The van der Waals surface area contributed by atoms with E-state index in [4.69, 9.17) is 9.72 Å². The van der Waals surface area contributed by atoms with E-state index >= 15 is 0 Å². The zero-order chi connectivity index (χ0) is 21.7. The number of carbonyl (C=O) groups excluding carboxylic acids is 1. The summed E-state index contributed by atoms with van der Waals surface area (Å²) in [5.74, 6) is 1.05. The highest BCUT2D eigenvalue weighted by Crippen LogP contribution is 2.33. The van der Waals surface area contributed by atoms with Crippen molar-refractivity contribution in [1.82, 2.24) is 9.88 Å². The Bertz CT molecular complexity index is 921. The maximum Gasteiger partial charge on any atom is 0.225 e. The highest BCUT2D eigenvalue weighted by atomic mass is 16.5. The predicted molar refractivity (Wildman–Crippen MR) is 118 cm³/mol. The van der Waals surface area contributed by atoms with E-state index in [0.717, 1.165) is 22.6 Å². The number of benzene rings is 1. The molecule has 1 aromatic carbocycles. The first-order valence-electron chi connectivity index (χ1n) is 10.5. The quantitative estimate of drug-likeness (QED) is 0.729. The summed E-state index contributed by atoms with van der Waals surface area (Å²) in [7, 11) is 1.61. The molecular formula is C24H30N4O2. The van der Waals surface area contributed by atoms with Crippen LogP contribution in [0.2, 0.25) is 0 Å². The highest BCUT2D eigenvalue weighted by Gasteiger charge is 2.29. The first-order chi connectivity index (χ1) is 14.5. The molecule has 1 fully saturated rings. The van der Waals surface area contributed by atoms with Crippen LogP contribution >= 0.6 is 0 Å². The number of piperazine rings is 1. The van der Waals surface area contributed by atoms with E-state index in [-0.39, 0.29) is 17.9 Å². The largest absolute Gasteiger partial charge is 0.384 e. The van der Waals surface area contributed by atoms with Gasteiger partial charge in [-0.3, -0.25) is 4.79 Å². The summed E-state index contributed by atoms with van der Waals surface area (Å²) in [6.45, 7) is 8.66. The Hall–Kier alpha value is -2.91. The molecule has 2 heterocycles. The second-order valence-corrected chi connectivity index (χ2v) is 8.05. The second kappa shape index (κ2) is 9.73.